The fourth-order valence-corrected chi connectivity index (χ4v) is 3.63. The van der Waals surface area contributed by atoms with Gasteiger partial charge in [-0.3, -0.25) is 0 Å². The van der Waals surface area contributed by atoms with Crippen LogP contribution < -0.4 is 5.32 Å². The second-order valence-electron chi connectivity index (χ2n) is 7.12. The molecule has 0 saturated heterocycles. The average molecular weight is 283 g/mol. The van der Waals surface area contributed by atoms with Crippen molar-refractivity contribution in [1.82, 2.24) is 5.32 Å². The molecule has 0 aromatic heterocycles. The summed E-state index contributed by atoms with van der Waals surface area (Å²) in [6.45, 7) is 5.46. The molecule has 1 fully saturated rings. The van der Waals surface area contributed by atoms with Gasteiger partial charge in [0.2, 0.25) is 0 Å². The molecule has 1 atom stereocenters. The van der Waals surface area contributed by atoms with E-state index in [-0.39, 0.29) is 0 Å². The number of fused-ring (bicyclic) bond motifs is 1. The number of phenols is 1. The van der Waals surface area contributed by atoms with E-state index in [1.807, 2.05) is 24.3 Å². The molecule has 21 heavy (non-hydrogen) atoms. The smallest absolute Gasteiger partial charge is 0.120 e. The van der Waals surface area contributed by atoms with Gasteiger partial charge in [-0.25, -0.2) is 0 Å². The van der Waals surface area contributed by atoms with E-state index in [9.17, 15) is 5.11 Å². The lowest BCUT2D eigenvalue weighted by atomic mass is 9.75. The average Bonchev–Trinajstić information content (AvgIpc) is 2.45. The molecular formula is C19H25NO. The molecule has 3 rings (SSSR count). The van der Waals surface area contributed by atoms with Gasteiger partial charge in [-0.2, -0.15) is 0 Å². The fraction of sp³-hybridized carbons (Fsp3) is 0.474. The maximum absolute atomic E-state index is 10.2. The Morgan fingerprint density at radius 3 is 2.81 bits per heavy atom. The van der Waals surface area contributed by atoms with Crippen LogP contribution in [0.15, 0.2) is 36.4 Å². The molecule has 2 aromatic rings. The highest BCUT2D eigenvalue weighted by atomic mass is 16.3. The van der Waals surface area contributed by atoms with Gasteiger partial charge < -0.3 is 10.4 Å². The van der Waals surface area contributed by atoms with Crippen molar-refractivity contribution in [2.75, 3.05) is 0 Å². The number of rotatable bonds is 3. The van der Waals surface area contributed by atoms with Gasteiger partial charge in [0.15, 0.2) is 0 Å². The van der Waals surface area contributed by atoms with Crippen molar-refractivity contribution in [2.45, 2.75) is 52.1 Å². The standard InChI is InChI=1S/C19H25NO/c1-19(2)11-5-7-15(12-19)20-13-17-16-8-4-3-6-14(16)9-10-18(17)21/h3-4,6,8-10,15,20-21H,5,7,11-13H2,1-2H3. The molecule has 2 N–H and O–H groups in total. The molecule has 2 nitrogen and oxygen atoms in total. The van der Waals surface area contributed by atoms with Crippen LogP contribution in [0.2, 0.25) is 0 Å². The van der Waals surface area contributed by atoms with E-state index >= 15 is 0 Å². The van der Waals surface area contributed by atoms with E-state index in [2.05, 4.69) is 31.3 Å². The van der Waals surface area contributed by atoms with Crippen LogP contribution in [0, 0.1) is 5.41 Å². The molecule has 2 heteroatoms. The Kier molecular flexibility index (Phi) is 3.90. The second-order valence-corrected chi connectivity index (χ2v) is 7.12. The third-order valence-corrected chi connectivity index (χ3v) is 4.79. The third-order valence-electron chi connectivity index (χ3n) is 4.79. The molecule has 0 amide bonds. The fourth-order valence-electron chi connectivity index (χ4n) is 3.63. The van der Waals surface area contributed by atoms with Crippen molar-refractivity contribution in [3.05, 3.63) is 42.0 Å². The van der Waals surface area contributed by atoms with Crippen molar-refractivity contribution in [1.29, 1.82) is 0 Å². The topological polar surface area (TPSA) is 32.3 Å². The van der Waals surface area contributed by atoms with Crippen molar-refractivity contribution >= 4 is 10.8 Å². The van der Waals surface area contributed by atoms with Crippen molar-refractivity contribution < 1.29 is 5.11 Å². The van der Waals surface area contributed by atoms with E-state index in [0.717, 1.165) is 17.5 Å². The van der Waals surface area contributed by atoms with E-state index in [4.69, 9.17) is 0 Å². The molecule has 0 aliphatic heterocycles. The van der Waals surface area contributed by atoms with Gasteiger partial charge in [-0.15, -0.1) is 0 Å². The Morgan fingerprint density at radius 2 is 2.00 bits per heavy atom. The van der Waals surface area contributed by atoms with Crippen molar-refractivity contribution in [3.8, 4) is 5.75 Å². The SMILES string of the molecule is CC1(C)CCCC(NCc2c(O)ccc3ccccc23)C1. The van der Waals surface area contributed by atoms with Crippen LogP contribution in [0.4, 0.5) is 0 Å². The molecule has 0 spiro atoms. The lowest BCUT2D eigenvalue weighted by Gasteiger charge is -2.35. The Bertz CT molecular complexity index is 632. The minimum absolute atomic E-state index is 0.399. The largest absolute Gasteiger partial charge is 0.508 e. The summed E-state index contributed by atoms with van der Waals surface area (Å²) in [5.74, 6) is 0.399. The minimum atomic E-state index is 0.399. The van der Waals surface area contributed by atoms with Crippen LogP contribution in [0.5, 0.6) is 5.75 Å². The molecule has 1 aliphatic rings. The molecule has 0 bridgehead atoms. The number of nitrogens with one attached hydrogen (secondary N) is 1. The van der Waals surface area contributed by atoms with Crippen LogP contribution in [0.3, 0.4) is 0 Å². The van der Waals surface area contributed by atoms with Crippen LogP contribution in [0.1, 0.15) is 45.1 Å². The number of hydrogen-bond donors (Lipinski definition) is 2. The summed E-state index contributed by atoms with van der Waals surface area (Å²) in [7, 11) is 0. The normalized spacial score (nSPS) is 21.5. The molecule has 0 heterocycles. The minimum Gasteiger partial charge on any atom is -0.508 e. The summed E-state index contributed by atoms with van der Waals surface area (Å²) in [6, 6.07) is 12.6. The summed E-state index contributed by atoms with van der Waals surface area (Å²) < 4.78 is 0. The van der Waals surface area contributed by atoms with Crippen molar-refractivity contribution in [2.24, 2.45) is 5.41 Å². The third kappa shape index (κ3) is 3.21. The van der Waals surface area contributed by atoms with Gasteiger partial charge in [0.05, 0.1) is 0 Å². The van der Waals surface area contributed by atoms with Crippen molar-refractivity contribution in [3.63, 3.8) is 0 Å². The van der Waals surface area contributed by atoms with E-state index < -0.39 is 0 Å². The summed E-state index contributed by atoms with van der Waals surface area (Å²) in [4.78, 5) is 0. The molecular weight excluding hydrogens is 258 g/mol. The zero-order chi connectivity index (χ0) is 14.9. The summed E-state index contributed by atoms with van der Waals surface area (Å²) in [5, 5.41) is 16.2. The molecule has 0 radical (unpaired) electrons. The summed E-state index contributed by atoms with van der Waals surface area (Å²) in [5.41, 5.74) is 1.47. The monoisotopic (exact) mass is 283 g/mol. The zero-order valence-corrected chi connectivity index (χ0v) is 13.0. The highest BCUT2D eigenvalue weighted by molar-refractivity contribution is 5.87. The summed E-state index contributed by atoms with van der Waals surface area (Å²) in [6.07, 6.45) is 5.09. The van der Waals surface area contributed by atoms with Gasteiger partial charge in [-0.05, 0) is 41.5 Å². The van der Waals surface area contributed by atoms with E-state index in [0.29, 0.717) is 17.2 Å². The summed E-state index contributed by atoms with van der Waals surface area (Å²) >= 11 is 0. The number of aromatic hydroxyl groups is 1. The number of hydrogen-bond acceptors (Lipinski definition) is 2. The Morgan fingerprint density at radius 1 is 1.19 bits per heavy atom. The van der Waals surface area contributed by atoms with Gasteiger partial charge in [0.1, 0.15) is 5.75 Å². The van der Waals surface area contributed by atoms with Crippen LogP contribution in [-0.4, -0.2) is 11.1 Å². The van der Waals surface area contributed by atoms with Crippen LogP contribution in [-0.2, 0) is 6.54 Å². The second kappa shape index (κ2) is 5.69. The first-order chi connectivity index (χ1) is 10.1. The molecule has 1 unspecified atom stereocenters. The van der Waals surface area contributed by atoms with Crippen LogP contribution >= 0.6 is 0 Å². The van der Waals surface area contributed by atoms with Crippen LogP contribution in [0.25, 0.3) is 10.8 Å². The Labute approximate surface area is 127 Å². The lowest BCUT2D eigenvalue weighted by molar-refractivity contribution is 0.197. The Hall–Kier alpha value is -1.54. The predicted octanol–water partition coefficient (Wildman–Crippen LogP) is 4.60. The first kappa shape index (κ1) is 14.4. The maximum atomic E-state index is 10.2. The lowest BCUT2D eigenvalue weighted by Crippen LogP contribution is -2.36. The molecule has 2 aromatic carbocycles. The first-order valence-corrected chi connectivity index (χ1v) is 7.98. The maximum Gasteiger partial charge on any atom is 0.120 e. The van der Waals surface area contributed by atoms with Gasteiger partial charge >= 0.3 is 0 Å². The number of benzene rings is 2. The van der Waals surface area contributed by atoms with Gasteiger partial charge in [0.25, 0.3) is 0 Å². The molecule has 1 aliphatic carbocycles. The van der Waals surface area contributed by atoms with Gasteiger partial charge in [-0.1, -0.05) is 50.6 Å². The Balaban J connectivity index is 1.77. The predicted molar refractivity (Wildman–Crippen MR) is 88.5 cm³/mol. The van der Waals surface area contributed by atoms with E-state index in [1.54, 1.807) is 0 Å². The first-order valence-electron chi connectivity index (χ1n) is 7.98. The highest BCUT2D eigenvalue weighted by Crippen LogP contribution is 2.35. The van der Waals surface area contributed by atoms with E-state index in [1.165, 1.54) is 31.1 Å². The number of phenolic OH excluding ortho intramolecular Hbond substituents is 1. The quantitative estimate of drug-likeness (QED) is 0.862. The zero-order valence-electron chi connectivity index (χ0n) is 13.0. The van der Waals surface area contributed by atoms with Gasteiger partial charge in [0, 0.05) is 18.2 Å². The highest BCUT2D eigenvalue weighted by Gasteiger charge is 2.27. The molecule has 112 valence electrons. The molecule has 1 saturated carbocycles.